The predicted octanol–water partition coefficient (Wildman–Crippen LogP) is 0.843. The second-order valence-corrected chi connectivity index (χ2v) is 2.65. The molecule has 5 heteroatoms. The van der Waals surface area contributed by atoms with Crippen molar-refractivity contribution < 1.29 is 9.90 Å². The van der Waals surface area contributed by atoms with Gasteiger partial charge in [-0.3, -0.25) is 5.10 Å². The fourth-order valence-electron chi connectivity index (χ4n) is 1.22. The van der Waals surface area contributed by atoms with Crippen LogP contribution >= 0.6 is 0 Å². The maximum absolute atomic E-state index is 10.7. The topological polar surface area (TPSA) is 92.0 Å². The third-order valence-corrected chi connectivity index (χ3v) is 1.83. The number of aromatic amines is 1. The van der Waals surface area contributed by atoms with E-state index in [1.165, 1.54) is 0 Å². The van der Waals surface area contributed by atoms with Crippen LogP contribution in [0.2, 0.25) is 0 Å². The average Bonchev–Trinajstić information content (AvgIpc) is 2.48. The molecule has 1 aromatic carbocycles. The van der Waals surface area contributed by atoms with Crippen LogP contribution in [-0.4, -0.2) is 21.3 Å². The number of nitrogen functional groups attached to an aromatic ring is 1. The van der Waals surface area contributed by atoms with Crippen LogP contribution in [0.15, 0.2) is 18.2 Å². The van der Waals surface area contributed by atoms with Crippen LogP contribution in [0.3, 0.4) is 0 Å². The Morgan fingerprint density at radius 2 is 2.31 bits per heavy atom. The van der Waals surface area contributed by atoms with E-state index in [9.17, 15) is 4.79 Å². The van der Waals surface area contributed by atoms with E-state index < -0.39 is 5.97 Å². The number of para-hydroxylation sites is 1. The molecule has 5 nitrogen and oxygen atoms in total. The molecule has 0 fully saturated rings. The summed E-state index contributed by atoms with van der Waals surface area (Å²) in [6.45, 7) is 0. The Morgan fingerprint density at radius 3 is 3.00 bits per heavy atom. The molecule has 0 amide bonds. The van der Waals surface area contributed by atoms with Crippen LogP contribution in [0.5, 0.6) is 0 Å². The number of nitrogens with one attached hydrogen (secondary N) is 1. The molecule has 0 aliphatic rings. The molecule has 0 aliphatic carbocycles. The van der Waals surface area contributed by atoms with Gasteiger partial charge in [0.05, 0.1) is 5.69 Å². The lowest BCUT2D eigenvalue weighted by molar-refractivity contribution is 0.0692. The maximum Gasteiger partial charge on any atom is 0.354 e. The number of carbonyl (C=O) groups is 1. The minimum Gasteiger partial charge on any atom is -0.477 e. The summed E-state index contributed by atoms with van der Waals surface area (Å²) in [5.74, 6) is -1.03. The third-order valence-electron chi connectivity index (χ3n) is 1.83. The van der Waals surface area contributed by atoms with Crippen molar-refractivity contribution in [3.63, 3.8) is 0 Å². The van der Waals surface area contributed by atoms with Crippen molar-refractivity contribution in [2.75, 3.05) is 5.73 Å². The molecule has 2 rings (SSSR count). The zero-order valence-electron chi connectivity index (χ0n) is 6.61. The maximum atomic E-state index is 10.7. The molecule has 0 bridgehead atoms. The summed E-state index contributed by atoms with van der Waals surface area (Å²) in [6.07, 6.45) is 0. The van der Waals surface area contributed by atoms with Crippen molar-refractivity contribution >= 4 is 22.6 Å². The number of rotatable bonds is 1. The van der Waals surface area contributed by atoms with Gasteiger partial charge in [0.25, 0.3) is 0 Å². The Kier molecular flexibility index (Phi) is 1.45. The van der Waals surface area contributed by atoms with E-state index in [0.29, 0.717) is 16.6 Å². The van der Waals surface area contributed by atoms with Gasteiger partial charge in [-0.25, -0.2) is 4.79 Å². The minimum absolute atomic E-state index is 0.0716. The molecular weight excluding hydrogens is 170 g/mol. The van der Waals surface area contributed by atoms with Crippen LogP contribution in [0.1, 0.15) is 10.5 Å². The fourth-order valence-corrected chi connectivity index (χ4v) is 1.22. The van der Waals surface area contributed by atoms with Gasteiger partial charge in [-0.1, -0.05) is 12.1 Å². The molecular formula is C8H7N3O2. The highest BCUT2D eigenvalue weighted by atomic mass is 16.4. The summed E-state index contributed by atoms with van der Waals surface area (Å²) < 4.78 is 0. The van der Waals surface area contributed by atoms with Crippen LogP contribution in [0.25, 0.3) is 10.9 Å². The molecule has 4 N–H and O–H groups in total. The summed E-state index contributed by atoms with van der Waals surface area (Å²) in [5, 5.41) is 15.5. The number of aromatic nitrogens is 2. The van der Waals surface area contributed by atoms with E-state index in [1.807, 2.05) is 0 Å². The van der Waals surface area contributed by atoms with Gasteiger partial charge in [-0.15, -0.1) is 0 Å². The number of aromatic carboxylic acids is 1. The first kappa shape index (κ1) is 7.60. The predicted molar refractivity (Wildman–Crippen MR) is 47.5 cm³/mol. The molecule has 66 valence electrons. The van der Waals surface area contributed by atoms with Gasteiger partial charge in [0.1, 0.15) is 5.52 Å². The van der Waals surface area contributed by atoms with E-state index in [0.717, 1.165) is 0 Å². The highest BCUT2D eigenvalue weighted by Crippen LogP contribution is 2.20. The van der Waals surface area contributed by atoms with Gasteiger partial charge in [0.2, 0.25) is 0 Å². The fraction of sp³-hybridized carbons (Fsp3) is 0. The monoisotopic (exact) mass is 177 g/mol. The number of fused-ring (bicyclic) bond motifs is 1. The largest absolute Gasteiger partial charge is 0.477 e. The van der Waals surface area contributed by atoms with Crippen molar-refractivity contribution in [2.45, 2.75) is 0 Å². The summed E-state index contributed by atoms with van der Waals surface area (Å²) >= 11 is 0. The van der Waals surface area contributed by atoms with Crippen molar-refractivity contribution in [3.8, 4) is 0 Å². The number of hydrogen-bond donors (Lipinski definition) is 3. The van der Waals surface area contributed by atoms with Crippen molar-refractivity contribution in [1.82, 2.24) is 10.2 Å². The van der Waals surface area contributed by atoms with E-state index in [-0.39, 0.29) is 5.69 Å². The van der Waals surface area contributed by atoms with E-state index in [2.05, 4.69) is 10.2 Å². The molecule has 0 saturated heterocycles. The normalized spacial score (nSPS) is 10.5. The Balaban J connectivity index is 2.83. The second kappa shape index (κ2) is 2.48. The van der Waals surface area contributed by atoms with E-state index in [4.69, 9.17) is 10.8 Å². The molecule has 1 aromatic heterocycles. The van der Waals surface area contributed by atoms with Gasteiger partial charge in [-0.2, -0.15) is 5.10 Å². The number of benzene rings is 1. The number of nitrogens with two attached hydrogens (primary N) is 1. The molecule has 13 heavy (non-hydrogen) atoms. The van der Waals surface area contributed by atoms with Crippen molar-refractivity contribution in [2.24, 2.45) is 0 Å². The minimum atomic E-state index is -1.03. The molecule has 0 unspecified atom stereocenters. The molecule has 1 heterocycles. The van der Waals surface area contributed by atoms with Gasteiger partial charge >= 0.3 is 5.97 Å². The lowest BCUT2D eigenvalue weighted by Crippen LogP contribution is -1.96. The first-order valence-electron chi connectivity index (χ1n) is 3.66. The van der Waals surface area contributed by atoms with Gasteiger partial charge < -0.3 is 10.8 Å². The van der Waals surface area contributed by atoms with Crippen LogP contribution < -0.4 is 5.73 Å². The van der Waals surface area contributed by atoms with Crippen molar-refractivity contribution in [3.05, 3.63) is 23.9 Å². The van der Waals surface area contributed by atoms with Gasteiger partial charge in [0.15, 0.2) is 5.69 Å². The lowest BCUT2D eigenvalue weighted by Gasteiger charge is -1.92. The van der Waals surface area contributed by atoms with Gasteiger partial charge in [0, 0.05) is 5.39 Å². The Labute approximate surface area is 73.2 Å². The van der Waals surface area contributed by atoms with E-state index >= 15 is 0 Å². The molecule has 0 spiro atoms. The summed E-state index contributed by atoms with van der Waals surface area (Å²) in [5.41, 5.74) is 6.64. The first-order valence-corrected chi connectivity index (χ1v) is 3.66. The zero-order valence-corrected chi connectivity index (χ0v) is 6.61. The second-order valence-electron chi connectivity index (χ2n) is 2.65. The van der Waals surface area contributed by atoms with Crippen LogP contribution in [0.4, 0.5) is 5.69 Å². The Morgan fingerprint density at radius 1 is 1.54 bits per heavy atom. The molecule has 0 radical (unpaired) electrons. The number of anilines is 1. The summed E-state index contributed by atoms with van der Waals surface area (Å²) in [7, 11) is 0. The van der Waals surface area contributed by atoms with E-state index in [1.54, 1.807) is 18.2 Å². The average molecular weight is 177 g/mol. The molecule has 2 aromatic rings. The number of nitrogens with zero attached hydrogens (tertiary/aromatic N) is 1. The first-order chi connectivity index (χ1) is 6.20. The number of H-pyrrole nitrogens is 1. The third kappa shape index (κ3) is 1.01. The van der Waals surface area contributed by atoms with Crippen LogP contribution in [-0.2, 0) is 0 Å². The molecule has 0 atom stereocenters. The number of carboxylic acids is 1. The summed E-state index contributed by atoms with van der Waals surface area (Å²) in [4.78, 5) is 10.7. The number of hydrogen-bond acceptors (Lipinski definition) is 3. The SMILES string of the molecule is Nc1cccc2c(C(=O)O)[nH]nc12. The quantitative estimate of drug-likeness (QED) is 0.563. The Hall–Kier alpha value is -2.04. The Bertz CT molecular complexity index is 475. The highest BCUT2D eigenvalue weighted by molar-refractivity contribution is 6.04. The number of carboxylic acid groups (broad SMARTS) is 1. The molecule has 0 saturated carbocycles. The van der Waals surface area contributed by atoms with Crippen molar-refractivity contribution in [1.29, 1.82) is 0 Å². The summed E-state index contributed by atoms with van der Waals surface area (Å²) in [6, 6.07) is 5.03. The molecule has 0 aliphatic heterocycles. The highest BCUT2D eigenvalue weighted by Gasteiger charge is 2.12. The van der Waals surface area contributed by atoms with Gasteiger partial charge in [-0.05, 0) is 6.07 Å². The zero-order chi connectivity index (χ0) is 9.42. The lowest BCUT2D eigenvalue weighted by atomic mass is 10.2. The van der Waals surface area contributed by atoms with Crippen LogP contribution in [0, 0.1) is 0 Å². The smallest absolute Gasteiger partial charge is 0.354 e. The standard InChI is InChI=1S/C8H7N3O2/c9-5-3-1-2-4-6(5)10-11-7(4)8(12)13/h1-3H,9H2,(H,10,11)(H,12,13).